The second-order valence-electron chi connectivity index (χ2n) is 9.62. The maximum Gasteiger partial charge on any atom is 0.417 e. The molecule has 0 radical (unpaired) electrons. The van der Waals surface area contributed by atoms with Crippen molar-refractivity contribution in [3.63, 3.8) is 0 Å². The number of aromatic amines is 1. The smallest absolute Gasteiger partial charge is 0.417 e. The monoisotopic (exact) mass is 443 g/mol. The number of hydrogen-bond acceptors (Lipinski definition) is 6. The van der Waals surface area contributed by atoms with Gasteiger partial charge in [-0.1, -0.05) is 32.0 Å². The topological polar surface area (TPSA) is 101 Å². The zero-order chi connectivity index (χ0) is 23.6. The number of hydrogen-bond donors (Lipinski definition) is 2. The van der Waals surface area contributed by atoms with Crippen LogP contribution in [0, 0.1) is 5.92 Å². The summed E-state index contributed by atoms with van der Waals surface area (Å²) in [4.78, 5) is 43.8. The van der Waals surface area contributed by atoms with Crippen molar-refractivity contribution in [2.24, 2.45) is 5.92 Å². The minimum absolute atomic E-state index is 0.0522. The highest BCUT2D eigenvalue weighted by Gasteiger charge is 2.42. The van der Waals surface area contributed by atoms with Gasteiger partial charge < -0.3 is 14.5 Å². The Labute approximate surface area is 188 Å². The molecule has 32 heavy (non-hydrogen) atoms. The lowest BCUT2D eigenvalue weighted by Gasteiger charge is -2.34. The number of carbonyl (C=O) groups is 3. The second kappa shape index (κ2) is 9.32. The van der Waals surface area contributed by atoms with Crippen LogP contribution in [-0.2, 0) is 32.0 Å². The fourth-order valence-corrected chi connectivity index (χ4v) is 4.06. The average Bonchev–Trinajstić information content (AvgIpc) is 3.08. The summed E-state index contributed by atoms with van der Waals surface area (Å²) in [5, 5.41) is 4.27. The number of imide groups is 1. The Balaban J connectivity index is 1.95. The molecule has 174 valence electrons. The first-order chi connectivity index (χ1) is 15.0. The van der Waals surface area contributed by atoms with Gasteiger partial charge in [0.2, 0.25) is 5.91 Å². The fourth-order valence-electron chi connectivity index (χ4n) is 4.06. The summed E-state index contributed by atoms with van der Waals surface area (Å²) in [5.74, 6) is -1.08. The number of nitrogens with zero attached hydrogens (tertiary/aromatic N) is 1. The Bertz CT molecular complexity index is 1000. The van der Waals surface area contributed by atoms with Crippen LogP contribution < -0.4 is 5.32 Å². The standard InChI is InChI=1S/C24H33N3O5/c1-14(2)11-20(22(29)31-6)27(23(30)32-24(3,4)5)21(28)18-12-16-15-9-7-8-10-17(15)26-19(16)13-25-18/h7-10,14,18,20,25-26H,11-13H2,1-6H3/t18?,20-/m0/s1. The number of amides is 2. The second-order valence-corrected chi connectivity index (χ2v) is 9.62. The van der Waals surface area contributed by atoms with Crippen LogP contribution in [0.25, 0.3) is 10.9 Å². The minimum Gasteiger partial charge on any atom is -0.467 e. The Kier molecular flexibility index (Phi) is 6.93. The molecule has 2 N–H and O–H groups in total. The third-order valence-electron chi connectivity index (χ3n) is 5.44. The number of fused-ring (bicyclic) bond motifs is 3. The Morgan fingerprint density at radius 3 is 2.50 bits per heavy atom. The molecule has 0 aliphatic carbocycles. The maximum atomic E-state index is 13.7. The van der Waals surface area contributed by atoms with Crippen LogP contribution in [0.2, 0.25) is 0 Å². The number of benzene rings is 1. The Morgan fingerprint density at radius 2 is 1.88 bits per heavy atom. The number of ether oxygens (including phenoxy) is 2. The molecule has 1 aromatic carbocycles. The Morgan fingerprint density at radius 1 is 1.19 bits per heavy atom. The lowest BCUT2D eigenvalue weighted by atomic mass is 9.96. The molecule has 2 heterocycles. The number of nitrogens with one attached hydrogen (secondary N) is 2. The summed E-state index contributed by atoms with van der Waals surface area (Å²) in [6.45, 7) is 9.46. The minimum atomic E-state index is -1.06. The van der Waals surface area contributed by atoms with E-state index in [4.69, 9.17) is 9.47 Å². The highest BCUT2D eigenvalue weighted by Crippen LogP contribution is 2.28. The fraction of sp³-hybridized carbons (Fsp3) is 0.542. The normalized spacial score (nSPS) is 17.0. The van der Waals surface area contributed by atoms with Crippen molar-refractivity contribution >= 4 is 28.9 Å². The van der Waals surface area contributed by atoms with E-state index in [1.54, 1.807) is 20.8 Å². The number of carbonyl (C=O) groups excluding carboxylic acids is 3. The van der Waals surface area contributed by atoms with Gasteiger partial charge in [-0.2, -0.15) is 0 Å². The van der Waals surface area contributed by atoms with Crippen molar-refractivity contribution in [2.75, 3.05) is 7.11 Å². The predicted octanol–water partition coefficient (Wildman–Crippen LogP) is 3.53. The molecule has 0 fully saturated rings. The van der Waals surface area contributed by atoms with Crippen LogP contribution in [-0.4, -0.2) is 52.6 Å². The molecular weight excluding hydrogens is 410 g/mol. The van der Waals surface area contributed by atoms with Crippen LogP contribution in [0.1, 0.15) is 52.3 Å². The summed E-state index contributed by atoms with van der Waals surface area (Å²) in [6, 6.07) is 6.18. The van der Waals surface area contributed by atoms with Crippen molar-refractivity contribution in [2.45, 2.75) is 71.7 Å². The van der Waals surface area contributed by atoms with Gasteiger partial charge in [0.15, 0.2) is 0 Å². The van der Waals surface area contributed by atoms with E-state index >= 15 is 0 Å². The van der Waals surface area contributed by atoms with Gasteiger partial charge in [0.05, 0.1) is 13.2 Å². The highest BCUT2D eigenvalue weighted by atomic mass is 16.6. The molecule has 0 saturated carbocycles. The van der Waals surface area contributed by atoms with Crippen molar-refractivity contribution in [3.8, 4) is 0 Å². The highest BCUT2D eigenvalue weighted by molar-refractivity contribution is 6.00. The van der Waals surface area contributed by atoms with Crippen molar-refractivity contribution < 1.29 is 23.9 Å². The lowest BCUT2D eigenvalue weighted by molar-refractivity contribution is -0.153. The van der Waals surface area contributed by atoms with E-state index in [0.717, 1.165) is 27.1 Å². The van der Waals surface area contributed by atoms with E-state index in [0.29, 0.717) is 13.0 Å². The zero-order valence-electron chi connectivity index (χ0n) is 19.7. The number of H-pyrrole nitrogens is 1. The van der Waals surface area contributed by atoms with Crippen LogP contribution in [0.3, 0.4) is 0 Å². The zero-order valence-corrected chi connectivity index (χ0v) is 19.7. The molecule has 1 aliphatic heterocycles. The molecule has 1 aromatic heterocycles. The van der Waals surface area contributed by atoms with Crippen LogP contribution in [0.15, 0.2) is 24.3 Å². The third kappa shape index (κ3) is 5.12. The molecular formula is C24H33N3O5. The summed E-state index contributed by atoms with van der Waals surface area (Å²) in [5.41, 5.74) is 2.24. The largest absolute Gasteiger partial charge is 0.467 e. The van der Waals surface area contributed by atoms with Gasteiger partial charge in [0.1, 0.15) is 11.6 Å². The first kappa shape index (κ1) is 23.8. The van der Waals surface area contributed by atoms with E-state index in [9.17, 15) is 14.4 Å². The van der Waals surface area contributed by atoms with Crippen molar-refractivity contribution in [3.05, 3.63) is 35.5 Å². The number of esters is 1. The van der Waals surface area contributed by atoms with Crippen molar-refractivity contribution in [1.82, 2.24) is 15.2 Å². The lowest BCUT2D eigenvalue weighted by Crippen LogP contribution is -2.58. The van der Waals surface area contributed by atoms with Crippen LogP contribution >= 0.6 is 0 Å². The quantitative estimate of drug-likeness (QED) is 0.686. The van der Waals surface area contributed by atoms with E-state index in [-0.39, 0.29) is 12.3 Å². The average molecular weight is 444 g/mol. The summed E-state index contributed by atoms with van der Waals surface area (Å²) in [7, 11) is 1.25. The number of methoxy groups -OCH3 is 1. The molecule has 2 aromatic rings. The van der Waals surface area contributed by atoms with Crippen LogP contribution in [0.5, 0.6) is 0 Å². The molecule has 0 spiro atoms. The van der Waals surface area contributed by atoms with Gasteiger partial charge in [-0.25, -0.2) is 14.5 Å². The van der Waals surface area contributed by atoms with E-state index in [1.165, 1.54) is 7.11 Å². The third-order valence-corrected chi connectivity index (χ3v) is 5.44. The van der Waals surface area contributed by atoms with E-state index < -0.39 is 35.7 Å². The summed E-state index contributed by atoms with van der Waals surface area (Å²) in [6.07, 6.45) is -0.166. The first-order valence-electron chi connectivity index (χ1n) is 11.0. The van der Waals surface area contributed by atoms with E-state index in [2.05, 4.69) is 10.3 Å². The molecule has 8 heteroatoms. The Hall–Kier alpha value is -2.87. The number of para-hydroxylation sites is 1. The van der Waals surface area contributed by atoms with Gasteiger partial charge >= 0.3 is 12.1 Å². The van der Waals surface area contributed by atoms with Gasteiger partial charge in [-0.15, -0.1) is 0 Å². The van der Waals surface area contributed by atoms with Crippen molar-refractivity contribution in [1.29, 1.82) is 0 Å². The predicted molar refractivity (Wildman–Crippen MR) is 121 cm³/mol. The molecule has 0 bridgehead atoms. The maximum absolute atomic E-state index is 13.7. The van der Waals surface area contributed by atoms with E-state index in [1.807, 2.05) is 38.1 Å². The molecule has 2 amide bonds. The molecule has 2 atom stereocenters. The molecule has 0 saturated heterocycles. The molecule has 1 aliphatic rings. The number of rotatable bonds is 5. The summed E-state index contributed by atoms with van der Waals surface area (Å²) < 4.78 is 10.5. The SMILES string of the molecule is COC(=O)[C@H](CC(C)C)N(C(=O)OC(C)(C)C)C(=O)C1Cc2c([nH]c3ccccc23)CN1. The van der Waals surface area contributed by atoms with Gasteiger partial charge in [-0.3, -0.25) is 10.1 Å². The van der Waals surface area contributed by atoms with Gasteiger partial charge in [0.25, 0.3) is 0 Å². The first-order valence-corrected chi connectivity index (χ1v) is 11.0. The molecule has 1 unspecified atom stereocenters. The molecule has 3 rings (SSSR count). The van der Waals surface area contributed by atoms with Crippen LogP contribution in [0.4, 0.5) is 4.79 Å². The molecule has 8 nitrogen and oxygen atoms in total. The number of aromatic nitrogens is 1. The van der Waals surface area contributed by atoms with Gasteiger partial charge in [0, 0.05) is 23.1 Å². The van der Waals surface area contributed by atoms with Gasteiger partial charge in [-0.05, 0) is 51.2 Å². The summed E-state index contributed by atoms with van der Waals surface area (Å²) >= 11 is 0.